The van der Waals surface area contributed by atoms with Crippen molar-refractivity contribution in [2.24, 2.45) is 0 Å². The summed E-state index contributed by atoms with van der Waals surface area (Å²) in [5.41, 5.74) is -0.364. The van der Waals surface area contributed by atoms with Gasteiger partial charge in [-0.2, -0.15) is 0 Å². The van der Waals surface area contributed by atoms with Gasteiger partial charge < -0.3 is 19.5 Å². The molecule has 0 spiro atoms. The molecule has 1 amide bonds. The summed E-state index contributed by atoms with van der Waals surface area (Å²) < 4.78 is 29.2. The molecule has 1 N–H and O–H groups in total. The number of hydrogen-bond donors (Lipinski definition) is 1. The maximum absolute atomic E-state index is 13.8. The van der Waals surface area contributed by atoms with Gasteiger partial charge in [-0.05, 0) is 48.5 Å². The van der Waals surface area contributed by atoms with Crippen molar-refractivity contribution in [3.63, 3.8) is 0 Å². The van der Waals surface area contributed by atoms with Crippen LogP contribution in [-0.2, 0) is 4.74 Å². The van der Waals surface area contributed by atoms with E-state index < -0.39 is 22.6 Å². The summed E-state index contributed by atoms with van der Waals surface area (Å²) in [5.74, 6) is -2.08. The fourth-order valence-electron chi connectivity index (χ4n) is 2.80. The van der Waals surface area contributed by atoms with E-state index >= 15 is 0 Å². The molecule has 11 heteroatoms. The number of halogens is 2. The van der Waals surface area contributed by atoms with E-state index in [1.807, 2.05) is 0 Å². The molecule has 3 rings (SSSR count). The fourth-order valence-corrected chi connectivity index (χ4v) is 2.97. The number of nitrogens with one attached hydrogen (secondary N) is 1. The van der Waals surface area contributed by atoms with E-state index in [1.54, 1.807) is 0 Å². The number of rotatable bonds is 7. The molecule has 0 saturated heterocycles. The molecule has 0 atom stereocenters. The van der Waals surface area contributed by atoms with Crippen LogP contribution >= 0.6 is 11.6 Å². The monoisotopic (exact) mass is 474 g/mol. The molecule has 9 nitrogen and oxygen atoms in total. The molecule has 0 aromatic heterocycles. The number of nitrogens with zero attached hydrogens (tertiary/aromatic N) is 1. The van der Waals surface area contributed by atoms with Crippen molar-refractivity contribution in [2.45, 2.75) is 0 Å². The van der Waals surface area contributed by atoms with Crippen LogP contribution in [0.2, 0.25) is 5.02 Å². The second-order valence-corrected chi connectivity index (χ2v) is 6.91. The molecule has 170 valence electrons. The molecule has 3 aromatic carbocycles. The van der Waals surface area contributed by atoms with Gasteiger partial charge in [0.1, 0.15) is 5.82 Å². The van der Waals surface area contributed by atoms with Crippen LogP contribution in [0.1, 0.15) is 20.7 Å². The van der Waals surface area contributed by atoms with E-state index in [-0.39, 0.29) is 44.8 Å². The maximum atomic E-state index is 13.8. The number of methoxy groups -OCH3 is 2. The first kappa shape index (κ1) is 23.5. The minimum absolute atomic E-state index is 0.0680. The molecule has 0 bridgehead atoms. The number of nitro benzene ring substituents is 1. The van der Waals surface area contributed by atoms with E-state index in [1.165, 1.54) is 43.5 Å². The van der Waals surface area contributed by atoms with E-state index in [9.17, 15) is 24.1 Å². The number of carbonyl (C=O) groups is 2. The highest BCUT2D eigenvalue weighted by Crippen LogP contribution is 2.38. The van der Waals surface area contributed by atoms with Gasteiger partial charge in [0.2, 0.25) is 5.75 Å². The number of amides is 1. The van der Waals surface area contributed by atoms with Crippen LogP contribution in [0.5, 0.6) is 17.2 Å². The summed E-state index contributed by atoms with van der Waals surface area (Å²) in [4.78, 5) is 34.9. The largest absolute Gasteiger partial charge is 0.493 e. The first-order valence-electron chi connectivity index (χ1n) is 9.22. The van der Waals surface area contributed by atoms with Crippen LogP contribution in [0.15, 0.2) is 54.6 Å². The summed E-state index contributed by atoms with van der Waals surface area (Å²) in [7, 11) is 2.45. The Morgan fingerprint density at radius 1 is 1.00 bits per heavy atom. The molecule has 0 saturated carbocycles. The van der Waals surface area contributed by atoms with Crippen molar-refractivity contribution >= 4 is 34.9 Å². The third-order valence-corrected chi connectivity index (χ3v) is 4.63. The summed E-state index contributed by atoms with van der Waals surface area (Å²) in [6, 6.07) is 11.5. The van der Waals surface area contributed by atoms with Crippen molar-refractivity contribution < 1.29 is 33.1 Å². The Labute approximate surface area is 191 Å². The van der Waals surface area contributed by atoms with Gasteiger partial charge in [-0.25, -0.2) is 9.18 Å². The van der Waals surface area contributed by atoms with E-state index in [2.05, 4.69) is 10.1 Å². The Morgan fingerprint density at radius 3 is 2.39 bits per heavy atom. The Morgan fingerprint density at radius 2 is 1.73 bits per heavy atom. The van der Waals surface area contributed by atoms with Crippen LogP contribution in [0.25, 0.3) is 0 Å². The highest BCUT2D eigenvalue weighted by Gasteiger charge is 2.20. The number of nitro groups is 1. The highest BCUT2D eigenvalue weighted by molar-refractivity contribution is 6.30. The number of anilines is 1. The van der Waals surface area contributed by atoms with Gasteiger partial charge in [-0.3, -0.25) is 14.9 Å². The Hall–Kier alpha value is -4.18. The van der Waals surface area contributed by atoms with Crippen LogP contribution < -0.4 is 14.8 Å². The van der Waals surface area contributed by atoms with E-state index in [0.29, 0.717) is 0 Å². The summed E-state index contributed by atoms with van der Waals surface area (Å²) >= 11 is 5.81. The van der Waals surface area contributed by atoms with Crippen LogP contribution in [-0.4, -0.2) is 31.0 Å². The summed E-state index contributed by atoms with van der Waals surface area (Å²) in [6.07, 6.45) is 0. The number of benzene rings is 3. The lowest BCUT2D eigenvalue weighted by molar-refractivity contribution is -0.385. The van der Waals surface area contributed by atoms with Crippen LogP contribution in [0, 0.1) is 15.9 Å². The number of carbonyl (C=O) groups excluding carboxylic acids is 2. The molecule has 0 unspecified atom stereocenters. The van der Waals surface area contributed by atoms with Gasteiger partial charge >= 0.3 is 11.7 Å². The molecule has 0 radical (unpaired) electrons. The van der Waals surface area contributed by atoms with E-state index in [0.717, 1.165) is 25.3 Å². The van der Waals surface area contributed by atoms with Gasteiger partial charge in [0.05, 0.1) is 24.7 Å². The second kappa shape index (κ2) is 9.96. The van der Waals surface area contributed by atoms with Crippen LogP contribution in [0.3, 0.4) is 0 Å². The maximum Gasteiger partial charge on any atom is 0.340 e. The van der Waals surface area contributed by atoms with E-state index in [4.69, 9.17) is 21.1 Å². The number of hydrogen-bond acceptors (Lipinski definition) is 7. The predicted molar refractivity (Wildman–Crippen MR) is 117 cm³/mol. The zero-order chi connectivity index (χ0) is 24.1. The first-order valence-corrected chi connectivity index (χ1v) is 9.60. The zero-order valence-electron chi connectivity index (χ0n) is 17.3. The molecular formula is C22H16ClFN2O7. The number of esters is 1. The molecule has 0 aliphatic carbocycles. The topological polar surface area (TPSA) is 117 Å². The quantitative estimate of drug-likeness (QED) is 0.283. The average molecular weight is 475 g/mol. The van der Waals surface area contributed by atoms with Crippen molar-refractivity contribution in [1.29, 1.82) is 0 Å². The van der Waals surface area contributed by atoms with Gasteiger partial charge in [0.15, 0.2) is 11.5 Å². The second-order valence-electron chi connectivity index (χ2n) is 6.48. The third kappa shape index (κ3) is 5.36. The Bertz CT molecular complexity index is 1250. The standard InChI is InChI=1S/C22H16ClFN2O7/c1-31-20-9-12(21(27)25-14-5-6-16(24)15(11-14)22(28)32-2)3-7-19(20)33-18-8-4-13(23)10-17(18)26(29)30/h3-11H,1-2H3,(H,25,27). The van der Waals surface area contributed by atoms with Crippen molar-refractivity contribution in [3.05, 3.63) is 86.7 Å². The van der Waals surface area contributed by atoms with Gasteiger partial charge in [0.25, 0.3) is 5.91 Å². The molecule has 33 heavy (non-hydrogen) atoms. The molecular weight excluding hydrogens is 459 g/mol. The van der Waals surface area contributed by atoms with Gasteiger partial charge in [0, 0.05) is 22.3 Å². The van der Waals surface area contributed by atoms with Crippen molar-refractivity contribution in [1.82, 2.24) is 0 Å². The fraction of sp³-hybridized carbons (Fsp3) is 0.0909. The lowest BCUT2D eigenvalue weighted by Gasteiger charge is -2.13. The molecule has 0 aliphatic heterocycles. The third-order valence-electron chi connectivity index (χ3n) is 4.39. The summed E-state index contributed by atoms with van der Waals surface area (Å²) in [5, 5.41) is 14.0. The van der Waals surface area contributed by atoms with Crippen molar-refractivity contribution in [2.75, 3.05) is 19.5 Å². The Balaban J connectivity index is 1.85. The predicted octanol–water partition coefficient (Wildman–Crippen LogP) is 5.23. The number of ether oxygens (including phenoxy) is 3. The molecule has 0 heterocycles. The Kier molecular flexibility index (Phi) is 7.09. The molecule has 3 aromatic rings. The van der Waals surface area contributed by atoms with Gasteiger partial charge in [-0.15, -0.1) is 0 Å². The first-order chi connectivity index (χ1) is 15.7. The molecule has 0 fully saturated rings. The van der Waals surface area contributed by atoms with Crippen molar-refractivity contribution in [3.8, 4) is 17.2 Å². The average Bonchev–Trinajstić information content (AvgIpc) is 2.80. The smallest absolute Gasteiger partial charge is 0.340 e. The lowest BCUT2D eigenvalue weighted by Crippen LogP contribution is -2.13. The van der Waals surface area contributed by atoms with Crippen LogP contribution in [0.4, 0.5) is 15.8 Å². The lowest BCUT2D eigenvalue weighted by atomic mass is 10.1. The molecule has 0 aliphatic rings. The zero-order valence-corrected chi connectivity index (χ0v) is 18.0. The highest BCUT2D eigenvalue weighted by atomic mass is 35.5. The minimum Gasteiger partial charge on any atom is -0.493 e. The normalized spacial score (nSPS) is 10.3. The SMILES string of the molecule is COC(=O)c1cc(NC(=O)c2ccc(Oc3ccc(Cl)cc3[N+](=O)[O-])c(OC)c2)ccc1F. The minimum atomic E-state index is -0.886. The summed E-state index contributed by atoms with van der Waals surface area (Å²) in [6.45, 7) is 0. The van der Waals surface area contributed by atoms with Gasteiger partial charge in [-0.1, -0.05) is 11.6 Å².